The number of fused-ring (bicyclic) bond motifs is 1. The molecule has 25 heavy (non-hydrogen) atoms. The summed E-state index contributed by atoms with van der Waals surface area (Å²) in [5, 5.41) is 3.13. The van der Waals surface area contributed by atoms with Crippen molar-refractivity contribution >= 4 is 16.9 Å². The average Bonchev–Trinajstić information content (AvgIpc) is 2.98. The number of para-hydroxylation sites is 2. The molecule has 0 unspecified atom stereocenters. The van der Waals surface area contributed by atoms with Crippen LogP contribution >= 0.6 is 0 Å². The summed E-state index contributed by atoms with van der Waals surface area (Å²) in [5.41, 5.74) is 2.22. The van der Waals surface area contributed by atoms with Gasteiger partial charge in [-0.3, -0.25) is 4.79 Å². The van der Waals surface area contributed by atoms with Crippen LogP contribution in [0.4, 0.5) is 0 Å². The van der Waals surface area contributed by atoms with Gasteiger partial charge in [-0.1, -0.05) is 31.4 Å². The Labute approximate surface area is 150 Å². The summed E-state index contributed by atoms with van der Waals surface area (Å²) in [5.74, 6) is 1.52. The summed E-state index contributed by atoms with van der Waals surface area (Å²) in [4.78, 5) is 19.3. The van der Waals surface area contributed by atoms with E-state index in [0.717, 1.165) is 43.7 Å². The predicted molar refractivity (Wildman–Crippen MR) is 102 cm³/mol. The van der Waals surface area contributed by atoms with E-state index >= 15 is 0 Å². The van der Waals surface area contributed by atoms with E-state index in [4.69, 9.17) is 4.98 Å². The third kappa shape index (κ3) is 4.60. The third-order valence-corrected chi connectivity index (χ3v) is 5.13. The number of benzene rings is 1. The Morgan fingerprint density at radius 2 is 2.00 bits per heavy atom. The molecule has 5 heteroatoms. The minimum absolute atomic E-state index is 0.223. The number of imidazole rings is 1. The Morgan fingerprint density at radius 1 is 1.24 bits per heavy atom. The Morgan fingerprint density at radius 3 is 2.76 bits per heavy atom. The van der Waals surface area contributed by atoms with E-state index in [1.54, 1.807) is 0 Å². The number of nitrogens with zero attached hydrogens (tertiary/aromatic N) is 3. The summed E-state index contributed by atoms with van der Waals surface area (Å²) >= 11 is 0. The summed E-state index contributed by atoms with van der Waals surface area (Å²) in [6, 6.07) is 8.28. The molecule has 1 aliphatic carbocycles. The molecule has 1 saturated carbocycles. The fourth-order valence-electron chi connectivity index (χ4n) is 3.67. The zero-order chi connectivity index (χ0) is 17.6. The van der Waals surface area contributed by atoms with E-state index in [1.807, 2.05) is 6.07 Å². The van der Waals surface area contributed by atoms with Crippen molar-refractivity contribution in [1.29, 1.82) is 0 Å². The van der Waals surface area contributed by atoms with Gasteiger partial charge in [-0.15, -0.1) is 0 Å². The lowest BCUT2D eigenvalue weighted by Gasteiger charge is -2.20. The predicted octanol–water partition coefficient (Wildman–Crippen LogP) is 2.84. The first kappa shape index (κ1) is 17.9. The van der Waals surface area contributed by atoms with Crippen LogP contribution in [0.5, 0.6) is 0 Å². The molecule has 136 valence electrons. The molecule has 5 nitrogen and oxygen atoms in total. The van der Waals surface area contributed by atoms with E-state index in [0.29, 0.717) is 6.54 Å². The molecule has 1 fully saturated rings. The number of likely N-dealkylation sites (N-methyl/N-ethyl adjacent to an activating group) is 1. The molecule has 0 saturated heterocycles. The van der Waals surface area contributed by atoms with Gasteiger partial charge in [0.2, 0.25) is 5.91 Å². The fourth-order valence-corrected chi connectivity index (χ4v) is 3.67. The van der Waals surface area contributed by atoms with Gasteiger partial charge in [0, 0.05) is 32.0 Å². The Kier molecular flexibility index (Phi) is 6.08. The van der Waals surface area contributed by atoms with Crippen molar-refractivity contribution in [3.05, 3.63) is 30.1 Å². The molecule has 0 aliphatic heterocycles. The molecule has 0 bridgehead atoms. The molecular formula is C20H30N4O. The van der Waals surface area contributed by atoms with Gasteiger partial charge in [-0.25, -0.2) is 4.98 Å². The largest absolute Gasteiger partial charge is 0.355 e. The number of nitrogens with one attached hydrogen (secondary N) is 1. The van der Waals surface area contributed by atoms with Crippen LogP contribution in [0.1, 0.15) is 37.9 Å². The average molecular weight is 342 g/mol. The maximum atomic E-state index is 12.3. The van der Waals surface area contributed by atoms with E-state index in [1.165, 1.54) is 24.8 Å². The summed E-state index contributed by atoms with van der Waals surface area (Å²) in [7, 11) is 4.17. The molecule has 0 spiro atoms. The first-order valence-corrected chi connectivity index (χ1v) is 9.52. The number of carbonyl (C=O) groups is 1. The van der Waals surface area contributed by atoms with Gasteiger partial charge < -0.3 is 14.8 Å². The van der Waals surface area contributed by atoms with E-state index in [2.05, 4.69) is 47.1 Å². The Balaban J connectivity index is 1.63. The molecule has 1 aromatic heterocycles. The molecule has 1 heterocycles. The van der Waals surface area contributed by atoms with Crippen LogP contribution in [0.15, 0.2) is 24.3 Å². The molecular weight excluding hydrogens is 312 g/mol. The standard InChI is InChI=1S/C20H30N4O/c1-23(2)14-15-24-18-11-7-6-10-17(18)22-19(24)12-13-21-20(25)16-8-4-3-5-9-16/h6-7,10-11,16H,3-5,8-9,12-15H2,1-2H3,(H,21,25). The molecule has 1 aromatic carbocycles. The molecule has 3 rings (SSSR count). The van der Waals surface area contributed by atoms with Gasteiger partial charge in [0.05, 0.1) is 11.0 Å². The highest BCUT2D eigenvalue weighted by molar-refractivity contribution is 5.78. The quantitative estimate of drug-likeness (QED) is 0.842. The van der Waals surface area contributed by atoms with Crippen molar-refractivity contribution < 1.29 is 4.79 Å². The molecule has 1 amide bonds. The summed E-state index contributed by atoms with van der Waals surface area (Å²) in [6.07, 6.45) is 6.54. The molecule has 1 aliphatic rings. The van der Waals surface area contributed by atoms with Crippen LogP contribution in [0.25, 0.3) is 11.0 Å². The Bertz CT molecular complexity index is 701. The number of hydrogen-bond acceptors (Lipinski definition) is 3. The van der Waals surface area contributed by atoms with Gasteiger partial charge in [-0.05, 0) is 39.1 Å². The second-order valence-corrected chi connectivity index (χ2v) is 7.35. The normalized spacial score (nSPS) is 15.8. The smallest absolute Gasteiger partial charge is 0.223 e. The van der Waals surface area contributed by atoms with Crippen LogP contribution in [0.2, 0.25) is 0 Å². The molecule has 1 N–H and O–H groups in total. The number of hydrogen-bond donors (Lipinski definition) is 1. The monoisotopic (exact) mass is 342 g/mol. The van der Waals surface area contributed by atoms with Crippen molar-refractivity contribution in [2.75, 3.05) is 27.2 Å². The fraction of sp³-hybridized carbons (Fsp3) is 0.600. The van der Waals surface area contributed by atoms with Crippen LogP contribution in [-0.2, 0) is 17.8 Å². The minimum atomic E-state index is 0.223. The second kappa shape index (κ2) is 8.48. The zero-order valence-electron chi connectivity index (χ0n) is 15.5. The van der Waals surface area contributed by atoms with Gasteiger partial charge in [0.25, 0.3) is 0 Å². The van der Waals surface area contributed by atoms with Crippen LogP contribution in [0, 0.1) is 5.92 Å². The number of aromatic nitrogens is 2. The van der Waals surface area contributed by atoms with Crippen molar-refractivity contribution in [3.8, 4) is 0 Å². The molecule has 0 atom stereocenters. The lowest BCUT2D eigenvalue weighted by atomic mass is 9.89. The van der Waals surface area contributed by atoms with Gasteiger partial charge >= 0.3 is 0 Å². The van der Waals surface area contributed by atoms with Crippen LogP contribution in [0.3, 0.4) is 0 Å². The van der Waals surface area contributed by atoms with Crippen molar-refractivity contribution in [3.63, 3.8) is 0 Å². The number of carbonyl (C=O) groups excluding carboxylic acids is 1. The maximum absolute atomic E-state index is 12.3. The maximum Gasteiger partial charge on any atom is 0.223 e. The topological polar surface area (TPSA) is 50.2 Å². The lowest BCUT2D eigenvalue weighted by Crippen LogP contribution is -2.33. The SMILES string of the molecule is CN(C)CCn1c(CCNC(=O)C2CCCCC2)nc2ccccc21. The first-order valence-electron chi connectivity index (χ1n) is 9.52. The van der Waals surface area contributed by atoms with Crippen molar-refractivity contribution in [1.82, 2.24) is 19.8 Å². The van der Waals surface area contributed by atoms with Gasteiger partial charge in [-0.2, -0.15) is 0 Å². The lowest BCUT2D eigenvalue weighted by molar-refractivity contribution is -0.125. The molecule has 0 radical (unpaired) electrons. The zero-order valence-corrected chi connectivity index (χ0v) is 15.5. The third-order valence-electron chi connectivity index (χ3n) is 5.13. The van der Waals surface area contributed by atoms with Gasteiger partial charge in [0.15, 0.2) is 0 Å². The van der Waals surface area contributed by atoms with E-state index in [9.17, 15) is 4.79 Å². The highest BCUT2D eigenvalue weighted by Crippen LogP contribution is 2.23. The second-order valence-electron chi connectivity index (χ2n) is 7.35. The van der Waals surface area contributed by atoms with Crippen LogP contribution in [-0.4, -0.2) is 47.5 Å². The number of amides is 1. The van der Waals surface area contributed by atoms with E-state index < -0.39 is 0 Å². The summed E-state index contributed by atoms with van der Waals surface area (Å²) in [6.45, 7) is 2.56. The van der Waals surface area contributed by atoms with Gasteiger partial charge in [0.1, 0.15) is 5.82 Å². The highest BCUT2D eigenvalue weighted by atomic mass is 16.1. The first-order chi connectivity index (χ1) is 12.1. The highest BCUT2D eigenvalue weighted by Gasteiger charge is 2.20. The minimum Gasteiger partial charge on any atom is -0.355 e. The number of rotatable bonds is 7. The summed E-state index contributed by atoms with van der Waals surface area (Å²) < 4.78 is 2.29. The van der Waals surface area contributed by atoms with E-state index in [-0.39, 0.29) is 11.8 Å². The van der Waals surface area contributed by atoms with Crippen molar-refractivity contribution in [2.24, 2.45) is 5.92 Å². The molecule has 2 aromatic rings. The van der Waals surface area contributed by atoms with Crippen LogP contribution < -0.4 is 5.32 Å². The Hall–Kier alpha value is -1.88. The van der Waals surface area contributed by atoms with Crippen molar-refractivity contribution in [2.45, 2.75) is 45.1 Å².